The molecule has 0 rings (SSSR count). The zero-order valence-corrected chi connectivity index (χ0v) is 46.8. The number of hydrogen-bond donors (Lipinski definition) is 2. The molecule has 0 aliphatic carbocycles. The number of quaternary nitrogens is 1. The van der Waals surface area contributed by atoms with Crippen molar-refractivity contribution in [2.24, 2.45) is 0 Å². The van der Waals surface area contributed by atoms with Crippen LogP contribution in [0.1, 0.15) is 316 Å². The van der Waals surface area contributed by atoms with E-state index in [9.17, 15) is 19.4 Å². The van der Waals surface area contributed by atoms with Crippen molar-refractivity contribution < 1.29 is 32.9 Å². The van der Waals surface area contributed by atoms with E-state index in [0.29, 0.717) is 23.9 Å². The second-order valence-corrected chi connectivity index (χ2v) is 23.5. The minimum Gasteiger partial charge on any atom is -0.756 e. The number of rotatable bonds is 56. The summed E-state index contributed by atoms with van der Waals surface area (Å²) in [4.78, 5) is 25.5. The fourth-order valence-corrected chi connectivity index (χ4v) is 10.1. The van der Waals surface area contributed by atoms with Gasteiger partial charge in [-0.15, -0.1) is 0 Å². The lowest BCUT2D eigenvalue weighted by molar-refractivity contribution is -0.870. The van der Waals surface area contributed by atoms with Gasteiger partial charge in [0.2, 0.25) is 5.91 Å². The Bertz CT molecular complexity index is 1060. The molecule has 2 N–H and O–H groups in total. The van der Waals surface area contributed by atoms with Gasteiger partial charge in [-0.3, -0.25) is 9.36 Å². The van der Waals surface area contributed by atoms with Gasteiger partial charge in [-0.1, -0.05) is 296 Å². The predicted octanol–water partition coefficient (Wildman–Crippen LogP) is 17.4. The quantitative estimate of drug-likeness (QED) is 0.0357. The van der Waals surface area contributed by atoms with E-state index in [-0.39, 0.29) is 19.1 Å². The van der Waals surface area contributed by atoms with Crippen molar-refractivity contribution in [3.63, 3.8) is 0 Å². The molecule has 3 unspecified atom stereocenters. The number of hydrogen-bond acceptors (Lipinski definition) is 6. The SMILES string of the molecule is CCCCCCCCCCCCCCCCCCCCCCCCCCCCCCC(=O)NC(COP(=O)([O-])OCC[N+](C)(C)C)C(O)CCCCCCCCCCCCCCCCCCC. The molecule has 402 valence electrons. The topological polar surface area (TPSA) is 108 Å². The number of carbonyl (C=O) groups is 1. The minimum absolute atomic E-state index is 0.0166. The van der Waals surface area contributed by atoms with Gasteiger partial charge >= 0.3 is 0 Å². The number of phosphoric acid groups is 1. The van der Waals surface area contributed by atoms with Gasteiger partial charge in [0.05, 0.1) is 39.9 Å². The molecule has 0 bridgehead atoms. The molecule has 0 aromatic carbocycles. The van der Waals surface area contributed by atoms with Crippen LogP contribution in [0, 0.1) is 0 Å². The lowest BCUT2D eigenvalue weighted by Gasteiger charge is -2.30. The van der Waals surface area contributed by atoms with E-state index in [1.165, 1.54) is 250 Å². The summed E-state index contributed by atoms with van der Waals surface area (Å²) in [6.07, 6.45) is 60.0. The Hall–Kier alpha value is -0.500. The highest BCUT2D eigenvalue weighted by Crippen LogP contribution is 2.38. The van der Waals surface area contributed by atoms with Gasteiger partial charge in [0.1, 0.15) is 13.2 Å². The molecule has 0 saturated carbocycles. The summed E-state index contributed by atoms with van der Waals surface area (Å²) in [6.45, 7) is 4.78. The van der Waals surface area contributed by atoms with Crippen LogP contribution in [-0.4, -0.2) is 68.5 Å². The van der Waals surface area contributed by atoms with Crippen molar-refractivity contribution in [3.8, 4) is 0 Å². The van der Waals surface area contributed by atoms with E-state index < -0.39 is 20.0 Å². The maximum Gasteiger partial charge on any atom is 0.268 e. The van der Waals surface area contributed by atoms with Crippen LogP contribution in [0.4, 0.5) is 0 Å². The molecule has 0 radical (unpaired) electrons. The van der Waals surface area contributed by atoms with Crippen molar-refractivity contribution in [1.29, 1.82) is 0 Å². The number of unbranched alkanes of at least 4 members (excludes halogenated alkanes) is 43. The monoisotopic (exact) mass is 971 g/mol. The highest BCUT2D eigenvalue weighted by atomic mass is 31.2. The second kappa shape index (κ2) is 50.4. The maximum atomic E-state index is 13.0. The number of nitrogens with zero attached hydrogens (tertiary/aromatic N) is 1. The molecule has 8 nitrogen and oxygen atoms in total. The molecule has 0 aliphatic rings. The largest absolute Gasteiger partial charge is 0.756 e. The van der Waals surface area contributed by atoms with Crippen molar-refractivity contribution >= 4 is 13.7 Å². The van der Waals surface area contributed by atoms with E-state index in [2.05, 4.69) is 19.2 Å². The van der Waals surface area contributed by atoms with Crippen LogP contribution in [0.3, 0.4) is 0 Å². The average molecular weight is 972 g/mol. The number of amides is 1. The van der Waals surface area contributed by atoms with Gasteiger partial charge < -0.3 is 28.8 Å². The summed E-state index contributed by atoms with van der Waals surface area (Å²) in [6, 6.07) is -0.795. The van der Waals surface area contributed by atoms with E-state index in [1.54, 1.807) is 0 Å². The Morgan fingerprint density at radius 3 is 1.01 bits per heavy atom. The first-order chi connectivity index (χ1) is 32.5. The van der Waals surface area contributed by atoms with Crippen molar-refractivity contribution in [2.75, 3.05) is 40.9 Å². The summed E-state index contributed by atoms with van der Waals surface area (Å²) >= 11 is 0. The minimum atomic E-state index is -4.57. The molecule has 1 amide bonds. The van der Waals surface area contributed by atoms with Crippen LogP contribution in [0.2, 0.25) is 0 Å². The van der Waals surface area contributed by atoms with Crippen LogP contribution >= 0.6 is 7.82 Å². The summed E-state index contributed by atoms with van der Waals surface area (Å²) in [7, 11) is 1.33. The Kier molecular flexibility index (Phi) is 50.1. The number of carbonyl (C=O) groups excluding carboxylic acids is 1. The summed E-state index contributed by atoms with van der Waals surface area (Å²) in [5, 5.41) is 14.0. The second-order valence-electron chi connectivity index (χ2n) is 22.1. The van der Waals surface area contributed by atoms with Gasteiger partial charge in [0.15, 0.2) is 0 Å². The van der Waals surface area contributed by atoms with Crippen LogP contribution < -0.4 is 10.2 Å². The zero-order valence-electron chi connectivity index (χ0n) is 45.9. The van der Waals surface area contributed by atoms with Crippen LogP contribution in [0.5, 0.6) is 0 Å². The predicted molar refractivity (Wildman–Crippen MR) is 289 cm³/mol. The third-order valence-corrected chi connectivity index (χ3v) is 15.1. The van der Waals surface area contributed by atoms with E-state index >= 15 is 0 Å². The summed E-state index contributed by atoms with van der Waals surface area (Å²) in [5.41, 5.74) is 0. The smallest absolute Gasteiger partial charge is 0.268 e. The first kappa shape index (κ1) is 66.5. The Morgan fingerprint density at radius 2 is 0.731 bits per heavy atom. The van der Waals surface area contributed by atoms with Gasteiger partial charge in [-0.05, 0) is 12.8 Å². The third kappa shape index (κ3) is 53.1. The lowest BCUT2D eigenvalue weighted by Crippen LogP contribution is -2.46. The van der Waals surface area contributed by atoms with Gasteiger partial charge in [0.25, 0.3) is 7.82 Å². The van der Waals surface area contributed by atoms with Gasteiger partial charge in [-0.25, -0.2) is 0 Å². The molecule has 0 spiro atoms. The molecule has 0 aliphatic heterocycles. The molecular formula is C58H119N2O6P. The molecule has 0 aromatic heterocycles. The number of aliphatic hydroxyl groups excluding tert-OH is 1. The lowest BCUT2D eigenvalue weighted by atomic mass is 10.0. The first-order valence-corrected chi connectivity index (χ1v) is 31.3. The number of likely N-dealkylation sites (N-methyl/N-ethyl adjacent to an activating group) is 1. The molecule has 0 fully saturated rings. The average Bonchev–Trinajstić information content (AvgIpc) is 3.29. The Balaban J connectivity index is 4.04. The highest BCUT2D eigenvalue weighted by molar-refractivity contribution is 7.45. The number of phosphoric ester groups is 1. The fourth-order valence-electron chi connectivity index (χ4n) is 9.40. The van der Waals surface area contributed by atoms with Gasteiger partial charge in [0, 0.05) is 6.42 Å². The van der Waals surface area contributed by atoms with Crippen LogP contribution in [0.15, 0.2) is 0 Å². The molecule has 67 heavy (non-hydrogen) atoms. The summed E-state index contributed by atoms with van der Waals surface area (Å²) in [5.74, 6) is -0.156. The first-order valence-electron chi connectivity index (χ1n) is 29.9. The Morgan fingerprint density at radius 1 is 0.463 bits per heavy atom. The molecule has 3 atom stereocenters. The number of aliphatic hydroxyl groups is 1. The normalized spacial score (nSPS) is 13.8. The molecular weight excluding hydrogens is 852 g/mol. The summed E-state index contributed by atoms with van der Waals surface area (Å²) < 4.78 is 23.4. The Labute approximate surface area is 419 Å². The standard InChI is InChI=1S/C58H119N2O6P/c1-6-8-10-12-14-16-18-20-22-24-25-26-27-28-29-30-31-32-33-34-36-38-40-42-44-46-48-50-52-58(62)59-56(55-66-67(63,64)65-54-53-60(3,4)5)57(61)51-49-47-45-43-41-39-37-35-23-21-19-17-15-13-11-9-7-2/h56-57,61H,6-55H2,1-5H3,(H-,59,62,63,64). The molecule has 9 heteroatoms. The maximum absolute atomic E-state index is 13.0. The zero-order chi connectivity index (χ0) is 49.2. The van der Waals surface area contributed by atoms with Crippen molar-refractivity contribution in [2.45, 2.75) is 328 Å². The fraction of sp³-hybridized carbons (Fsp3) is 0.983. The van der Waals surface area contributed by atoms with E-state index in [4.69, 9.17) is 9.05 Å². The highest BCUT2D eigenvalue weighted by Gasteiger charge is 2.24. The molecule has 0 heterocycles. The molecule has 0 saturated heterocycles. The van der Waals surface area contributed by atoms with Gasteiger partial charge in [-0.2, -0.15) is 0 Å². The van der Waals surface area contributed by atoms with Crippen molar-refractivity contribution in [1.82, 2.24) is 5.32 Å². The van der Waals surface area contributed by atoms with E-state index in [1.807, 2.05) is 21.1 Å². The third-order valence-electron chi connectivity index (χ3n) is 14.1. The number of nitrogens with one attached hydrogen (secondary N) is 1. The van der Waals surface area contributed by atoms with E-state index in [0.717, 1.165) is 38.5 Å². The van der Waals surface area contributed by atoms with Crippen LogP contribution in [-0.2, 0) is 18.4 Å². The molecule has 0 aromatic rings. The van der Waals surface area contributed by atoms with Crippen molar-refractivity contribution in [3.05, 3.63) is 0 Å². The van der Waals surface area contributed by atoms with Crippen LogP contribution in [0.25, 0.3) is 0 Å².